The number of nitrogens with one attached hydrogen (secondary N) is 1. The summed E-state index contributed by atoms with van der Waals surface area (Å²) in [4.78, 5) is 27.0. The van der Waals surface area contributed by atoms with E-state index in [2.05, 4.69) is 10.3 Å². The van der Waals surface area contributed by atoms with E-state index in [0.717, 1.165) is 5.69 Å². The van der Waals surface area contributed by atoms with Gasteiger partial charge in [0.1, 0.15) is 11.5 Å². The quantitative estimate of drug-likeness (QED) is 0.881. The highest BCUT2D eigenvalue weighted by Gasteiger charge is 2.23. The summed E-state index contributed by atoms with van der Waals surface area (Å²) in [6, 6.07) is 5.15. The molecule has 6 heteroatoms. The minimum absolute atomic E-state index is 0.0687. The molecule has 0 aliphatic carbocycles. The molecular formula is C14H20N2O4. The molecule has 0 bridgehead atoms. The minimum atomic E-state index is -1.04. The highest BCUT2D eigenvalue weighted by atomic mass is 16.6. The Morgan fingerprint density at radius 3 is 2.55 bits per heavy atom. The Balaban J connectivity index is 2.70. The van der Waals surface area contributed by atoms with Crippen molar-refractivity contribution in [2.24, 2.45) is 0 Å². The van der Waals surface area contributed by atoms with Crippen LogP contribution in [0.4, 0.5) is 4.79 Å². The fourth-order valence-electron chi connectivity index (χ4n) is 1.58. The number of ether oxygens (including phenoxy) is 1. The number of carboxylic acids is 1. The fraction of sp³-hybridized carbons (Fsp3) is 0.500. The van der Waals surface area contributed by atoms with Gasteiger partial charge in [0, 0.05) is 12.2 Å². The largest absolute Gasteiger partial charge is 0.481 e. The molecule has 20 heavy (non-hydrogen) atoms. The van der Waals surface area contributed by atoms with Gasteiger partial charge in [0.2, 0.25) is 0 Å². The molecule has 1 rings (SSSR count). The zero-order chi connectivity index (χ0) is 15.3. The van der Waals surface area contributed by atoms with Crippen molar-refractivity contribution in [1.82, 2.24) is 10.3 Å². The molecule has 0 aromatic carbocycles. The molecule has 0 saturated carbocycles. The number of amides is 1. The molecule has 1 amide bonds. The van der Waals surface area contributed by atoms with Gasteiger partial charge in [-0.15, -0.1) is 0 Å². The van der Waals surface area contributed by atoms with Crippen LogP contribution in [0, 0.1) is 6.92 Å². The fourth-order valence-corrected chi connectivity index (χ4v) is 1.58. The van der Waals surface area contributed by atoms with Crippen LogP contribution in [0.1, 0.15) is 38.1 Å². The van der Waals surface area contributed by atoms with Crippen molar-refractivity contribution in [3.05, 3.63) is 29.6 Å². The van der Waals surface area contributed by atoms with E-state index >= 15 is 0 Å². The third kappa shape index (κ3) is 5.26. The number of aromatic nitrogens is 1. The van der Waals surface area contributed by atoms with Crippen LogP contribution in [0.3, 0.4) is 0 Å². The summed E-state index contributed by atoms with van der Waals surface area (Å²) in [7, 11) is 0. The van der Waals surface area contributed by atoms with Gasteiger partial charge in [-0.2, -0.15) is 0 Å². The van der Waals surface area contributed by atoms with Crippen LogP contribution in [-0.2, 0) is 9.53 Å². The van der Waals surface area contributed by atoms with E-state index in [9.17, 15) is 14.7 Å². The topological polar surface area (TPSA) is 88.5 Å². The van der Waals surface area contributed by atoms with Crippen LogP contribution in [0.2, 0.25) is 0 Å². The van der Waals surface area contributed by atoms with Gasteiger partial charge < -0.3 is 15.2 Å². The number of pyridine rings is 1. The lowest BCUT2D eigenvalue weighted by Crippen LogP contribution is -2.36. The second-order valence-corrected chi connectivity index (χ2v) is 5.48. The van der Waals surface area contributed by atoms with Crippen molar-refractivity contribution >= 4 is 12.1 Å². The molecule has 2 N–H and O–H groups in total. The third-order valence-electron chi connectivity index (χ3n) is 2.41. The highest BCUT2D eigenvalue weighted by Crippen LogP contribution is 2.14. The van der Waals surface area contributed by atoms with E-state index in [0.29, 0.717) is 5.69 Å². The summed E-state index contributed by atoms with van der Waals surface area (Å²) >= 11 is 0. The van der Waals surface area contributed by atoms with Crippen LogP contribution in [0.5, 0.6) is 0 Å². The lowest BCUT2D eigenvalue weighted by atomic mass is 10.0. The number of aryl methyl sites for hydroxylation is 1. The van der Waals surface area contributed by atoms with Crippen molar-refractivity contribution in [2.45, 2.75) is 39.2 Å². The van der Waals surface area contributed by atoms with E-state index in [1.165, 1.54) is 0 Å². The molecule has 0 aliphatic heterocycles. The third-order valence-corrected chi connectivity index (χ3v) is 2.41. The van der Waals surface area contributed by atoms with E-state index in [-0.39, 0.29) is 6.54 Å². The maximum Gasteiger partial charge on any atom is 0.407 e. The number of carboxylic acid groups (broad SMARTS) is 1. The van der Waals surface area contributed by atoms with Gasteiger partial charge >= 0.3 is 12.1 Å². The average Bonchev–Trinajstić information content (AvgIpc) is 2.26. The number of rotatable bonds is 4. The first-order chi connectivity index (χ1) is 9.19. The Labute approximate surface area is 118 Å². The van der Waals surface area contributed by atoms with Gasteiger partial charge in [0.25, 0.3) is 0 Å². The zero-order valence-electron chi connectivity index (χ0n) is 12.1. The summed E-state index contributed by atoms with van der Waals surface area (Å²) in [5, 5.41) is 11.7. The predicted octanol–water partition coefficient (Wildman–Crippen LogP) is 2.08. The molecule has 0 spiro atoms. The average molecular weight is 280 g/mol. The molecule has 1 unspecified atom stereocenters. The number of hydrogen-bond acceptors (Lipinski definition) is 4. The number of alkyl carbamates (subject to hydrolysis) is 1. The Bertz CT molecular complexity index is 494. The normalized spacial score (nSPS) is 12.6. The van der Waals surface area contributed by atoms with E-state index in [1.54, 1.807) is 45.9 Å². The van der Waals surface area contributed by atoms with Crippen molar-refractivity contribution in [2.75, 3.05) is 6.54 Å². The molecule has 1 aromatic heterocycles. The smallest absolute Gasteiger partial charge is 0.407 e. The zero-order valence-corrected chi connectivity index (χ0v) is 12.1. The highest BCUT2D eigenvalue weighted by molar-refractivity contribution is 5.77. The van der Waals surface area contributed by atoms with Gasteiger partial charge in [-0.25, -0.2) is 4.79 Å². The molecule has 1 heterocycles. The van der Waals surface area contributed by atoms with Crippen LogP contribution >= 0.6 is 0 Å². The molecule has 1 aromatic rings. The van der Waals surface area contributed by atoms with Gasteiger partial charge in [-0.3, -0.25) is 9.78 Å². The van der Waals surface area contributed by atoms with Crippen molar-refractivity contribution in [3.8, 4) is 0 Å². The van der Waals surface area contributed by atoms with Gasteiger partial charge in [-0.05, 0) is 39.8 Å². The van der Waals surface area contributed by atoms with Gasteiger partial charge in [0.05, 0.1) is 5.69 Å². The van der Waals surface area contributed by atoms with Gasteiger partial charge in [-0.1, -0.05) is 6.07 Å². The summed E-state index contributed by atoms with van der Waals surface area (Å²) in [6.45, 7) is 6.93. The number of nitrogens with zero attached hydrogens (tertiary/aromatic N) is 1. The Morgan fingerprint density at radius 1 is 1.40 bits per heavy atom. The molecule has 110 valence electrons. The molecule has 6 nitrogen and oxygen atoms in total. The van der Waals surface area contributed by atoms with Crippen molar-refractivity contribution in [3.63, 3.8) is 0 Å². The maximum absolute atomic E-state index is 11.5. The number of hydrogen-bond donors (Lipinski definition) is 2. The van der Waals surface area contributed by atoms with E-state index < -0.39 is 23.6 Å². The molecule has 0 saturated heterocycles. The molecule has 1 atom stereocenters. The number of carbonyl (C=O) groups is 2. The summed E-state index contributed by atoms with van der Waals surface area (Å²) < 4.78 is 5.06. The second kappa shape index (κ2) is 6.36. The summed E-state index contributed by atoms with van der Waals surface area (Å²) in [6.07, 6.45) is -0.642. The predicted molar refractivity (Wildman–Crippen MR) is 73.6 cm³/mol. The van der Waals surface area contributed by atoms with Crippen LogP contribution < -0.4 is 5.32 Å². The van der Waals surface area contributed by atoms with Crippen LogP contribution in [-0.4, -0.2) is 34.3 Å². The molecule has 0 radical (unpaired) electrons. The van der Waals surface area contributed by atoms with E-state index in [4.69, 9.17) is 4.74 Å². The maximum atomic E-state index is 11.5. The summed E-state index contributed by atoms with van der Waals surface area (Å²) in [5.41, 5.74) is 0.518. The first-order valence-electron chi connectivity index (χ1n) is 6.32. The Kier molecular flexibility index (Phi) is 5.07. The minimum Gasteiger partial charge on any atom is -0.481 e. The van der Waals surface area contributed by atoms with Crippen molar-refractivity contribution in [1.29, 1.82) is 0 Å². The lowest BCUT2D eigenvalue weighted by Gasteiger charge is -2.20. The molecule has 0 fully saturated rings. The Morgan fingerprint density at radius 2 is 2.05 bits per heavy atom. The first kappa shape index (κ1) is 15.9. The SMILES string of the molecule is Cc1cccc(C(CNC(=O)OC(C)(C)C)C(=O)O)n1. The number of carbonyl (C=O) groups excluding carboxylic acids is 1. The standard InChI is InChI=1S/C14H20N2O4/c1-9-6-5-7-11(16-9)10(12(17)18)8-15-13(19)20-14(2,3)4/h5-7,10H,8H2,1-4H3,(H,15,19)(H,17,18). The van der Waals surface area contributed by atoms with Crippen LogP contribution in [0.15, 0.2) is 18.2 Å². The van der Waals surface area contributed by atoms with Crippen LogP contribution in [0.25, 0.3) is 0 Å². The van der Waals surface area contributed by atoms with Gasteiger partial charge in [0.15, 0.2) is 0 Å². The molecule has 0 aliphatic rings. The van der Waals surface area contributed by atoms with Crippen molar-refractivity contribution < 1.29 is 19.4 Å². The monoisotopic (exact) mass is 280 g/mol. The number of aliphatic carboxylic acids is 1. The van der Waals surface area contributed by atoms with E-state index in [1.807, 2.05) is 0 Å². The molecular weight excluding hydrogens is 260 g/mol. The summed E-state index contributed by atoms with van der Waals surface area (Å²) in [5.74, 6) is -1.94. The first-order valence-corrected chi connectivity index (χ1v) is 6.32. The lowest BCUT2D eigenvalue weighted by molar-refractivity contribution is -0.138. The second-order valence-electron chi connectivity index (χ2n) is 5.48. The Hall–Kier alpha value is -2.11.